The third-order valence-corrected chi connectivity index (χ3v) is 2.95. The van der Waals surface area contributed by atoms with Gasteiger partial charge in [-0.1, -0.05) is 0 Å². The van der Waals surface area contributed by atoms with E-state index in [9.17, 15) is 4.79 Å². The number of carbonyl (C=O) groups is 1. The van der Waals surface area contributed by atoms with Crippen molar-refractivity contribution < 1.29 is 4.79 Å². The molecule has 0 fully saturated rings. The number of carbonyl (C=O) groups excluding carboxylic acids is 1. The first-order chi connectivity index (χ1) is 8.41. The zero-order chi connectivity index (χ0) is 13.7. The molecular formula is C13H22N4O. The first-order valence-corrected chi connectivity index (χ1v) is 6.12. The molecule has 100 valence electrons. The van der Waals surface area contributed by atoms with Crippen molar-refractivity contribution in [3.63, 3.8) is 0 Å². The Hall–Kier alpha value is -1.62. The van der Waals surface area contributed by atoms with Crippen molar-refractivity contribution in [1.29, 1.82) is 0 Å². The normalized spacial score (nSPS) is 11.0. The Kier molecular flexibility index (Phi) is 5.09. The lowest BCUT2D eigenvalue weighted by Crippen LogP contribution is -2.36. The van der Waals surface area contributed by atoms with Gasteiger partial charge in [-0.05, 0) is 33.9 Å². The van der Waals surface area contributed by atoms with Crippen LogP contribution in [0.5, 0.6) is 0 Å². The van der Waals surface area contributed by atoms with Crippen LogP contribution in [-0.4, -0.2) is 42.0 Å². The summed E-state index contributed by atoms with van der Waals surface area (Å²) in [7, 11) is 2.03. The van der Waals surface area contributed by atoms with Gasteiger partial charge in [0.25, 0.3) is 5.91 Å². The van der Waals surface area contributed by atoms with Gasteiger partial charge in [0.1, 0.15) is 0 Å². The van der Waals surface area contributed by atoms with Crippen molar-refractivity contribution in [2.75, 3.05) is 25.9 Å². The number of hydrogen-bond donors (Lipinski definition) is 2. The van der Waals surface area contributed by atoms with Crippen LogP contribution in [0.2, 0.25) is 0 Å². The van der Waals surface area contributed by atoms with Crippen molar-refractivity contribution in [1.82, 2.24) is 15.2 Å². The monoisotopic (exact) mass is 250 g/mol. The zero-order valence-electron chi connectivity index (χ0n) is 11.5. The maximum atomic E-state index is 11.9. The molecule has 1 rings (SSSR count). The van der Waals surface area contributed by atoms with Crippen molar-refractivity contribution in [3.8, 4) is 0 Å². The Balaban J connectivity index is 2.51. The van der Waals surface area contributed by atoms with Gasteiger partial charge in [0.05, 0.1) is 5.56 Å². The first kappa shape index (κ1) is 14.4. The molecule has 5 heteroatoms. The van der Waals surface area contributed by atoms with E-state index in [1.54, 1.807) is 6.07 Å². The molecule has 1 amide bonds. The van der Waals surface area contributed by atoms with Crippen LogP contribution in [0, 0.1) is 6.92 Å². The quantitative estimate of drug-likeness (QED) is 0.819. The van der Waals surface area contributed by atoms with Crippen LogP contribution in [0.3, 0.4) is 0 Å². The van der Waals surface area contributed by atoms with E-state index in [0.29, 0.717) is 23.8 Å². The number of nitrogens with two attached hydrogens (primary N) is 1. The number of nitrogen functional groups attached to an aromatic ring is 1. The molecule has 1 aromatic rings. The molecule has 0 saturated heterocycles. The highest BCUT2D eigenvalue weighted by Gasteiger charge is 2.10. The minimum absolute atomic E-state index is 0.169. The lowest BCUT2D eigenvalue weighted by Gasteiger charge is -2.20. The summed E-state index contributed by atoms with van der Waals surface area (Å²) in [5.41, 5.74) is 7.51. The van der Waals surface area contributed by atoms with Gasteiger partial charge in [0.15, 0.2) is 0 Å². The molecule has 0 aliphatic heterocycles. The molecule has 0 radical (unpaired) electrons. The van der Waals surface area contributed by atoms with Gasteiger partial charge in [-0.25, -0.2) is 0 Å². The molecule has 0 aliphatic carbocycles. The van der Waals surface area contributed by atoms with Crippen molar-refractivity contribution in [3.05, 3.63) is 23.5 Å². The number of aromatic nitrogens is 1. The number of amides is 1. The van der Waals surface area contributed by atoms with Gasteiger partial charge >= 0.3 is 0 Å². The summed E-state index contributed by atoms with van der Waals surface area (Å²) in [6.07, 6.45) is 1.52. The third-order valence-electron chi connectivity index (χ3n) is 2.95. The summed E-state index contributed by atoms with van der Waals surface area (Å²) in [5, 5.41) is 2.84. The summed E-state index contributed by atoms with van der Waals surface area (Å²) < 4.78 is 0. The van der Waals surface area contributed by atoms with Crippen LogP contribution in [-0.2, 0) is 0 Å². The molecular weight excluding hydrogens is 228 g/mol. The van der Waals surface area contributed by atoms with Crippen LogP contribution >= 0.6 is 0 Å². The summed E-state index contributed by atoms with van der Waals surface area (Å²) in [6.45, 7) is 7.48. The maximum Gasteiger partial charge on any atom is 0.254 e. The second-order valence-electron chi connectivity index (χ2n) is 4.74. The van der Waals surface area contributed by atoms with E-state index >= 15 is 0 Å². The summed E-state index contributed by atoms with van der Waals surface area (Å²) in [5.74, 6) is -0.169. The van der Waals surface area contributed by atoms with Crippen molar-refractivity contribution in [2.24, 2.45) is 0 Å². The number of hydrogen-bond acceptors (Lipinski definition) is 4. The molecule has 3 N–H and O–H groups in total. The van der Waals surface area contributed by atoms with Crippen LogP contribution in [0.4, 0.5) is 5.69 Å². The van der Waals surface area contributed by atoms with Crippen LogP contribution < -0.4 is 11.1 Å². The molecule has 0 aromatic carbocycles. The van der Waals surface area contributed by atoms with Gasteiger partial charge in [0.2, 0.25) is 0 Å². The summed E-state index contributed by atoms with van der Waals surface area (Å²) >= 11 is 0. The predicted octanol–water partition coefficient (Wildman–Crippen LogP) is 1.04. The molecule has 18 heavy (non-hydrogen) atoms. The zero-order valence-corrected chi connectivity index (χ0v) is 11.5. The van der Waals surface area contributed by atoms with E-state index in [1.165, 1.54) is 6.20 Å². The first-order valence-electron chi connectivity index (χ1n) is 6.12. The van der Waals surface area contributed by atoms with Gasteiger partial charge < -0.3 is 16.0 Å². The van der Waals surface area contributed by atoms with Crippen LogP contribution in [0.1, 0.15) is 29.9 Å². The predicted molar refractivity (Wildman–Crippen MR) is 73.5 cm³/mol. The maximum absolute atomic E-state index is 11.9. The number of anilines is 1. The number of pyridine rings is 1. The second kappa shape index (κ2) is 6.35. The minimum Gasteiger partial charge on any atom is -0.398 e. The molecule has 5 nitrogen and oxygen atoms in total. The van der Waals surface area contributed by atoms with Gasteiger partial charge in [-0.3, -0.25) is 9.78 Å². The Bertz CT molecular complexity index is 417. The van der Waals surface area contributed by atoms with Crippen molar-refractivity contribution >= 4 is 11.6 Å². The molecule has 1 heterocycles. The van der Waals surface area contributed by atoms with E-state index in [1.807, 2.05) is 14.0 Å². The Morgan fingerprint density at radius 3 is 2.78 bits per heavy atom. The van der Waals surface area contributed by atoms with E-state index in [0.717, 1.165) is 12.2 Å². The standard InChI is InChI=1S/C13H22N4O/c1-9(2)17(4)6-5-15-13(18)11-8-16-10(3)7-12(11)14/h7-9H,5-6H2,1-4H3,(H2,14,16)(H,15,18). The molecule has 0 spiro atoms. The average molecular weight is 250 g/mol. The molecule has 0 aliphatic rings. The molecule has 0 atom stereocenters. The lowest BCUT2D eigenvalue weighted by atomic mass is 10.2. The highest BCUT2D eigenvalue weighted by Crippen LogP contribution is 2.10. The van der Waals surface area contributed by atoms with Crippen LogP contribution in [0.15, 0.2) is 12.3 Å². The van der Waals surface area contributed by atoms with Crippen molar-refractivity contribution in [2.45, 2.75) is 26.8 Å². The lowest BCUT2D eigenvalue weighted by molar-refractivity contribution is 0.0948. The summed E-state index contributed by atoms with van der Waals surface area (Å²) in [6, 6.07) is 2.17. The molecule has 0 saturated carbocycles. The fourth-order valence-corrected chi connectivity index (χ4v) is 1.47. The van der Waals surface area contributed by atoms with Gasteiger partial charge in [-0.2, -0.15) is 0 Å². The van der Waals surface area contributed by atoms with Gasteiger partial charge in [0, 0.05) is 36.7 Å². The molecule has 1 aromatic heterocycles. The number of likely N-dealkylation sites (N-methyl/N-ethyl adjacent to an activating group) is 1. The van der Waals surface area contributed by atoms with E-state index in [2.05, 4.69) is 29.0 Å². The highest BCUT2D eigenvalue weighted by molar-refractivity contribution is 5.98. The van der Waals surface area contributed by atoms with E-state index in [4.69, 9.17) is 5.73 Å². The fourth-order valence-electron chi connectivity index (χ4n) is 1.47. The van der Waals surface area contributed by atoms with E-state index in [-0.39, 0.29) is 5.91 Å². The number of aryl methyl sites for hydroxylation is 1. The topological polar surface area (TPSA) is 71.2 Å². The second-order valence-corrected chi connectivity index (χ2v) is 4.74. The molecule has 0 unspecified atom stereocenters. The number of nitrogens with zero attached hydrogens (tertiary/aromatic N) is 2. The van der Waals surface area contributed by atoms with E-state index < -0.39 is 0 Å². The van der Waals surface area contributed by atoms with Crippen LogP contribution in [0.25, 0.3) is 0 Å². The SMILES string of the molecule is Cc1cc(N)c(C(=O)NCCN(C)C(C)C)cn1. The Morgan fingerprint density at radius 1 is 1.56 bits per heavy atom. The largest absolute Gasteiger partial charge is 0.398 e. The molecule has 0 bridgehead atoms. The number of nitrogens with one attached hydrogen (secondary N) is 1. The third kappa shape index (κ3) is 4.00. The number of rotatable bonds is 5. The Labute approximate surface area is 108 Å². The van der Waals surface area contributed by atoms with Gasteiger partial charge in [-0.15, -0.1) is 0 Å². The average Bonchev–Trinajstić information content (AvgIpc) is 2.28. The summed E-state index contributed by atoms with van der Waals surface area (Å²) in [4.78, 5) is 18.1. The highest BCUT2D eigenvalue weighted by atomic mass is 16.1. The fraction of sp³-hybridized carbons (Fsp3) is 0.538. The Morgan fingerprint density at radius 2 is 2.22 bits per heavy atom. The minimum atomic E-state index is -0.169. The smallest absolute Gasteiger partial charge is 0.254 e.